The number of hydrazine groups is 1. The summed E-state index contributed by atoms with van der Waals surface area (Å²) < 4.78 is 13.9. The number of fused-ring (bicyclic) bond motifs is 1. The Morgan fingerprint density at radius 3 is 2.79 bits per heavy atom. The van der Waals surface area contributed by atoms with Crippen molar-refractivity contribution in [2.45, 2.75) is 20.0 Å². The molecule has 2 aromatic rings. The lowest BCUT2D eigenvalue weighted by atomic mass is 10.1. The second-order valence-electron chi connectivity index (χ2n) is 6.75. The largest absolute Gasteiger partial charge is 0.335 e. The van der Waals surface area contributed by atoms with Crippen LogP contribution in [0.4, 0.5) is 10.1 Å². The van der Waals surface area contributed by atoms with E-state index in [0.29, 0.717) is 28.4 Å². The van der Waals surface area contributed by atoms with E-state index in [9.17, 15) is 9.18 Å². The van der Waals surface area contributed by atoms with Gasteiger partial charge in [0.1, 0.15) is 12.0 Å². The number of halogens is 3. The van der Waals surface area contributed by atoms with E-state index in [1.165, 1.54) is 12.1 Å². The minimum Gasteiger partial charge on any atom is -0.335 e. The van der Waals surface area contributed by atoms with Crippen molar-refractivity contribution >= 4 is 40.8 Å². The second-order valence-corrected chi connectivity index (χ2v) is 7.59. The minimum absolute atomic E-state index is 0.0247. The molecule has 1 aliphatic rings. The van der Waals surface area contributed by atoms with Crippen molar-refractivity contribution in [1.82, 2.24) is 16.1 Å². The van der Waals surface area contributed by atoms with E-state index in [1.54, 1.807) is 24.3 Å². The molecule has 28 heavy (non-hydrogen) atoms. The molecule has 6 nitrogen and oxygen atoms in total. The van der Waals surface area contributed by atoms with E-state index >= 15 is 0 Å². The van der Waals surface area contributed by atoms with Crippen LogP contribution in [0, 0.1) is 11.7 Å². The van der Waals surface area contributed by atoms with Gasteiger partial charge < -0.3 is 10.7 Å². The Hall–Kier alpha value is -2.35. The van der Waals surface area contributed by atoms with Gasteiger partial charge in [-0.05, 0) is 36.2 Å². The molecule has 3 rings (SSSR count). The third kappa shape index (κ3) is 4.92. The summed E-state index contributed by atoms with van der Waals surface area (Å²) in [6.07, 6.45) is -0.507. The normalized spacial score (nSPS) is 15.9. The average Bonchev–Trinajstić information content (AvgIpc) is 3.01. The highest BCUT2D eigenvalue weighted by atomic mass is 35.5. The van der Waals surface area contributed by atoms with Crippen LogP contribution >= 0.6 is 23.2 Å². The van der Waals surface area contributed by atoms with Gasteiger partial charge in [0, 0.05) is 22.7 Å². The summed E-state index contributed by atoms with van der Waals surface area (Å²) in [5.74, 6) is -0.327. The van der Waals surface area contributed by atoms with Crippen molar-refractivity contribution in [1.29, 1.82) is 0 Å². The first-order valence-electron chi connectivity index (χ1n) is 8.72. The topological polar surface area (TPSA) is 77.5 Å². The number of benzene rings is 2. The van der Waals surface area contributed by atoms with Gasteiger partial charge in [-0.25, -0.2) is 9.82 Å². The first kappa shape index (κ1) is 20.4. The Morgan fingerprint density at radius 2 is 2.07 bits per heavy atom. The number of rotatable bonds is 4. The van der Waals surface area contributed by atoms with Crippen LogP contribution in [0.15, 0.2) is 41.4 Å². The summed E-state index contributed by atoms with van der Waals surface area (Å²) in [6.45, 7) is 4.53. The maximum absolute atomic E-state index is 13.9. The molecule has 0 bridgehead atoms. The molecule has 0 spiro atoms. The zero-order valence-corrected chi connectivity index (χ0v) is 16.8. The standard InChI is InChI=1S/C19H20Cl2FN5O/c1-10(2)9-23-19(25-18(28)11-4-3-5-12(20)6-11)24-17-13-7-15(22)14(21)8-16(13)26-27-17/h3-8,10,17,26-27H,9H2,1-2H3,(H2,23,24,25,28). The molecule has 148 valence electrons. The number of hydrogen-bond acceptors (Lipinski definition) is 4. The maximum Gasteiger partial charge on any atom is 0.257 e. The Balaban J connectivity index is 1.79. The number of aliphatic imine (C=N–C) groups is 1. The molecule has 0 fully saturated rings. The molecule has 1 unspecified atom stereocenters. The van der Waals surface area contributed by atoms with Crippen molar-refractivity contribution in [3.63, 3.8) is 0 Å². The average molecular weight is 424 g/mol. The third-order valence-corrected chi connectivity index (χ3v) is 4.49. The van der Waals surface area contributed by atoms with Crippen LogP contribution in [-0.2, 0) is 0 Å². The predicted molar refractivity (Wildman–Crippen MR) is 110 cm³/mol. The number of nitrogens with zero attached hydrogens (tertiary/aromatic N) is 1. The van der Waals surface area contributed by atoms with Crippen LogP contribution < -0.4 is 21.5 Å². The number of guanidine groups is 1. The van der Waals surface area contributed by atoms with Crippen LogP contribution in [0.25, 0.3) is 0 Å². The van der Waals surface area contributed by atoms with E-state index in [-0.39, 0.29) is 22.8 Å². The van der Waals surface area contributed by atoms with Crippen molar-refractivity contribution in [2.75, 3.05) is 12.0 Å². The zero-order valence-electron chi connectivity index (χ0n) is 15.3. The zero-order chi connectivity index (χ0) is 20.3. The number of hydrogen-bond donors (Lipinski definition) is 4. The van der Waals surface area contributed by atoms with Crippen LogP contribution in [-0.4, -0.2) is 18.4 Å². The minimum atomic E-state index is -0.527. The molecule has 1 aliphatic heterocycles. The van der Waals surface area contributed by atoms with E-state index < -0.39 is 12.0 Å². The van der Waals surface area contributed by atoms with Gasteiger partial charge in [-0.2, -0.15) is 0 Å². The van der Waals surface area contributed by atoms with Crippen LogP contribution in [0.5, 0.6) is 0 Å². The molecule has 9 heteroatoms. The van der Waals surface area contributed by atoms with Crippen molar-refractivity contribution in [2.24, 2.45) is 10.9 Å². The SMILES string of the molecule is CC(C)CN=C(NC(=O)c1cccc(Cl)c1)NC1NNc2cc(Cl)c(F)cc21. The van der Waals surface area contributed by atoms with Gasteiger partial charge in [0.15, 0.2) is 5.96 Å². The molecule has 0 radical (unpaired) electrons. The first-order valence-corrected chi connectivity index (χ1v) is 9.47. The number of anilines is 1. The molecule has 0 aliphatic carbocycles. The summed E-state index contributed by atoms with van der Waals surface area (Å²) in [5.41, 5.74) is 7.58. The van der Waals surface area contributed by atoms with Crippen LogP contribution in [0.1, 0.15) is 35.9 Å². The highest BCUT2D eigenvalue weighted by Crippen LogP contribution is 2.31. The molecule has 0 saturated heterocycles. The molecular formula is C19H20Cl2FN5O. The molecular weight excluding hydrogens is 404 g/mol. The van der Waals surface area contributed by atoms with E-state index in [0.717, 1.165) is 0 Å². The molecule has 1 atom stereocenters. The summed E-state index contributed by atoms with van der Waals surface area (Å²) >= 11 is 11.8. The fourth-order valence-electron chi connectivity index (χ4n) is 2.59. The number of carbonyl (C=O) groups excluding carboxylic acids is 1. The smallest absolute Gasteiger partial charge is 0.257 e. The van der Waals surface area contributed by atoms with Gasteiger partial charge in [-0.1, -0.05) is 43.1 Å². The fraction of sp³-hybridized carbons (Fsp3) is 0.263. The van der Waals surface area contributed by atoms with Crippen molar-refractivity contribution < 1.29 is 9.18 Å². The van der Waals surface area contributed by atoms with E-state index in [2.05, 4.69) is 26.5 Å². The highest BCUT2D eigenvalue weighted by Gasteiger charge is 2.25. The predicted octanol–water partition coefficient (Wildman–Crippen LogP) is 4.09. The lowest BCUT2D eigenvalue weighted by Gasteiger charge is -2.18. The molecule has 1 heterocycles. The molecule has 0 saturated carbocycles. The Kier molecular flexibility index (Phi) is 6.39. The van der Waals surface area contributed by atoms with Gasteiger partial charge in [-0.3, -0.25) is 15.1 Å². The van der Waals surface area contributed by atoms with Gasteiger partial charge >= 0.3 is 0 Å². The quantitative estimate of drug-likeness (QED) is 0.441. The monoisotopic (exact) mass is 423 g/mol. The first-order chi connectivity index (χ1) is 13.3. The van der Waals surface area contributed by atoms with Gasteiger partial charge in [-0.15, -0.1) is 0 Å². The van der Waals surface area contributed by atoms with Crippen molar-refractivity contribution in [3.05, 3.63) is 63.4 Å². The van der Waals surface area contributed by atoms with Gasteiger partial charge in [0.25, 0.3) is 5.91 Å². The maximum atomic E-state index is 13.9. The molecule has 2 aromatic carbocycles. The summed E-state index contributed by atoms with van der Waals surface area (Å²) in [4.78, 5) is 17.0. The Bertz CT molecular complexity index is 919. The summed E-state index contributed by atoms with van der Waals surface area (Å²) in [6, 6.07) is 9.44. The van der Waals surface area contributed by atoms with Crippen LogP contribution in [0.3, 0.4) is 0 Å². The Morgan fingerprint density at radius 1 is 1.29 bits per heavy atom. The van der Waals surface area contributed by atoms with Crippen LogP contribution in [0.2, 0.25) is 10.0 Å². The fourth-order valence-corrected chi connectivity index (χ4v) is 2.95. The third-order valence-electron chi connectivity index (χ3n) is 3.97. The molecule has 1 amide bonds. The van der Waals surface area contributed by atoms with Gasteiger partial charge in [0.05, 0.1) is 10.7 Å². The molecule has 0 aromatic heterocycles. The lowest BCUT2D eigenvalue weighted by molar-refractivity contribution is 0.0975. The van der Waals surface area contributed by atoms with E-state index in [4.69, 9.17) is 23.2 Å². The number of amides is 1. The highest BCUT2D eigenvalue weighted by molar-refractivity contribution is 6.31. The molecule has 4 N–H and O–H groups in total. The number of nitrogens with one attached hydrogen (secondary N) is 4. The van der Waals surface area contributed by atoms with E-state index in [1.807, 2.05) is 13.8 Å². The lowest BCUT2D eigenvalue weighted by Crippen LogP contribution is -2.46. The van der Waals surface area contributed by atoms with Crippen molar-refractivity contribution in [3.8, 4) is 0 Å². The summed E-state index contributed by atoms with van der Waals surface area (Å²) in [5, 5.41) is 6.33. The second kappa shape index (κ2) is 8.77. The Labute approximate surface area is 172 Å². The number of carbonyl (C=O) groups is 1. The van der Waals surface area contributed by atoms with Gasteiger partial charge in [0.2, 0.25) is 0 Å². The summed E-state index contributed by atoms with van der Waals surface area (Å²) in [7, 11) is 0.